The monoisotopic (exact) mass is 378 g/mol. The lowest BCUT2D eigenvalue weighted by molar-refractivity contribution is -0.114. The fraction of sp³-hybridized carbons (Fsp3) is 0.579. The number of benzene rings is 1. The summed E-state index contributed by atoms with van der Waals surface area (Å²) in [6, 6.07) is 9.61. The number of anilines is 1. The van der Waals surface area contributed by atoms with Crippen molar-refractivity contribution in [3.05, 3.63) is 30.3 Å². The van der Waals surface area contributed by atoms with Gasteiger partial charge in [0.25, 0.3) is 0 Å². The molecule has 0 aliphatic heterocycles. The van der Waals surface area contributed by atoms with Crippen molar-refractivity contribution in [2.45, 2.75) is 50.8 Å². The second kappa shape index (κ2) is 11.0. The molecule has 0 aromatic heterocycles. The molecule has 3 unspecified atom stereocenters. The van der Waals surface area contributed by atoms with Gasteiger partial charge in [-0.1, -0.05) is 31.5 Å². The zero-order chi connectivity index (χ0) is 18.8. The molecular weight excluding hydrogens is 348 g/mol. The molecule has 144 valence electrons. The van der Waals surface area contributed by atoms with Crippen LogP contribution in [-0.4, -0.2) is 46.2 Å². The van der Waals surface area contributed by atoms with E-state index in [1.165, 1.54) is 0 Å². The summed E-state index contributed by atoms with van der Waals surface area (Å²) in [6.45, 7) is 4.76. The van der Waals surface area contributed by atoms with Crippen LogP contribution < -0.4 is 16.0 Å². The maximum atomic E-state index is 12.1. The SMILES string of the molecule is CCNC(=NCC(=O)Nc1ccccc1)NC1CCCC(S(=O)CC)C1. The van der Waals surface area contributed by atoms with Crippen LogP contribution in [0.15, 0.2) is 35.3 Å². The van der Waals surface area contributed by atoms with E-state index >= 15 is 0 Å². The van der Waals surface area contributed by atoms with Crippen LogP contribution in [0, 0.1) is 0 Å². The lowest BCUT2D eigenvalue weighted by Crippen LogP contribution is -2.47. The fourth-order valence-electron chi connectivity index (χ4n) is 3.14. The maximum absolute atomic E-state index is 12.1. The van der Waals surface area contributed by atoms with Gasteiger partial charge < -0.3 is 16.0 Å². The normalized spacial score (nSPS) is 21.7. The number of rotatable bonds is 7. The van der Waals surface area contributed by atoms with E-state index in [1.54, 1.807) is 0 Å². The van der Waals surface area contributed by atoms with Crippen LogP contribution in [0.25, 0.3) is 0 Å². The van der Waals surface area contributed by atoms with Crippen LogP contribution in [0.5, 0.6) is 0 Å². The highest BCUT2D eigenvalue weighted by atomic mass is 32.2. The van der Waals surface area contributed by atoms with E-state index in [0.29, 0.717) is 11.7 Å². The topological polar surface area (TPSA) is 82.6 Å². The van der Waals surface area contributed by atoms with Crippen LogP contribution in [0.3, 0.4) is 0 Å². The molecule has 1 aliphatic rings. The van der Waals surface area contributed by atoms with Crippen molar-refractivity contribution in [2.24, 2.45) is 4.99 Å². The Bertz CT molecular complexity index is 621. The number of nitrogens with one attached hydrogen (secondary N) is 3. The molecule has 0 bridgehead atoms. The summed E-state index contributed by atoms with van der Waals surface area (Å²) in [4.78, 5) is 16.5. The number of hydrogen-bond donors (Lipinski definition) is 3. The molecule has 3 N–H and O–H groups in total. The van der Waals surface area contributed by atoms with Gasteiger partial charge >= 0.3 is 0 Å². The highest BCUT2D eigenvalue weighted by Crippen LogP contribution is 2.22. The molecule has 7 heteroatoms. The van der Waals surface area contributed by atoms with E-state index in [-0.39, 0.29) is 23.7 Å². The number of carbonyl (C=O) groups is 1. The largest absolute Gasteiger partial charge is 0.357 e. The summed E-state index contributed by atoms with van der Waals surface area (Å²) < 4.78 is 12.1. The van der Waals surface area contributed by atoms with Crippen molar-refractivity contribution in [3.8, 4) is 0 Å². The van der Waals surface area contributed by atoms with Crippen molar-refractivity contribution >= 4 is 28.4 Å². The Labute approximate surface area is 158 Å². The first-order chi connectivity index (χ1) is 12.6. The second-order valence-corrected chi connectivity index (χ2v) is 8.41. The van der Waals surface area contributed by atoms with E-state index in [4.69, 9.17) is 0 Å². The third-order valence-electron chi connectivity index (χ3n) is 4.41. The average molecular weight is 379 g/mol. The number of para-hydroxylation sites is 1. The highest BCUT2D eigenvalue weighted by Gasteiger charge is 2.26. The summed E-state index contributed by atoms with van der Waals surface area (Å²) in [6.07, 6.45) is 4.03. The molecule has 2 rings (SSSR count). The summed E-state index contributed by atoms with van der Waals surface area (Å²) in [5.74, 6) is 1.20. The van der Waals surface area contributed by atoms with Gasteiger partial charge in [-0.25, -0.2) is 4.99 Å². The van der Waals surface area contributed by atoms with Crippen molar-refractivity contribution in [1.82, 2.24) is 10.6 Å². The predicted molar refractivity (Wildman–Crippen MR) is 109 cm³/mol. The molecule has 0 heterocycles. The second-order valence-electron chi connectivity index (χ2n) is 6.41. The molecule has 0 spiro atoms. The van der Waals surface area contributed by atoms with E-state index in [1.807, 2.05) is 44.2 Å². The molecule has 1 amide bonds. The van der Waals surface area contributed by atoms with Gasteiger partial charge in [-0.3, -0.25) is 9.00 Å². The molecule has 0 radical (unpaired) electrons. The highest BCUT2D eigenvalue weighted by molar-refractivity contribution is 7.85. The molecular formula is C19H30N4O2S. The van der Waals surface area contributed by atoms with Gasteiger partial charge in [0.2, 0.25) is 5.91 Å². The van der Waals surface area contributed by atoms with Gasteiger partial charge in [-0.2, -0.15) is 0 Å². The molecule has 3 atom stereocenters. The maximum Gasteiger partial charge on any atom is 0.246 e. The van der Waals surface area contributed by atoms with Crippen LogP contribution in [0.2, 0.25) is 0 Å². The van der Waals surface area contributed by atoms with Gasteiger partial charge in [0, 0.05) is 40.1 Å². The third kappa shape index (κ3) is 6.78. The van der Waals surface area contributed by atoms with Crippen LogP contribution in [0.1, 0.15) is 39.5 Å². The molecule has 26 heavy (non-hydrogen) atoms. The first-order valence-corrected chi connectivity index (χ1v) is 10.8. The van der Waals surface area contributed by atoms with Crippen molar-refractivity contribution < 1.29 is 9.00 Å². The smallest absolute Gasteiger partial charge is 0.246 e. The number of aliphatic imine (C=N–C) groups is 1. The minimum atomic E-state index is -0.751. The number of amides is 1. The predicted octanol–water partition coefficient (Wildman–Crippen LogP) is 2.26. The summed E-state index contributed by atoms with van der Waals surface area (Å²) >= 11 is 0. The lowest BCUT2D eigenvalue weighted by Gasteiger charge is -2.30. The van der Waals surface area contributed by atoms with Gasteiger partial charge in [-0.05, 0) is 38.3 Å². The molecule has 1 aromatic rings. The fourth-order valence-corrected chi connectivity index (χ4v) is 4.48. The summed E-state index contributed by atoms with van der Waals surface area (Å²) in [5, 5.41) is 9.69. The van der Waals surface area contributed by atoms with Crippen LogP contribution in [0.4, 0.5) is 5.69 Å². The van der Waals surface area contributed by atoms with Gasteiger partial charge in [-0.15, -0.1) is 0 Å². The Morgan fingerprint density at radius 3 is 2.69 bits per heavy atom. The Morgan fingerprint density at radius 1 is 1.23 bits per heavy atom. The first kappa shape index (κ1) is 20.4. The Kier molecular flexibility index (Phi) is 8.61. The minimum Gasteiger partial charge on any atom is -0.357 e. The molecule has 1 aliphatic carbocycles. The Balaban J connectivity index is 1.89. The average Bonchev–Trinajstić information content (AvgIpc) is 2.66. The third-order valence-corrected chi connectivity index (χ3v) is 6.15. The molecule has 1 aromatic carbocycles. The molecule has 6 nitrogen and oxygen atoms in total. The van der Waals surface area contributed by atoms with Crippen molar-refractivity contribution in [3.63, 3.8) is 0 Å². The quantitative estimate of drug-likeness (QED) is 0.502. The van der Waals surface area contributed by atoms with Crippen LogP contribution in [-0.2, 0) is 15.6 Å². The van der Waals surface area contributed by atoms with E-state index in [2.05, 4.69) is 20.9 Å². The molecule has 1 fully saturated rings. The first-order valence-electron chi connectivity index (χ1n) is 9.39. The summed E-state index contributed by atoms with van der Waals surface area (Å²) in [5.41, 5.74) is 0.767. The minimum absolute atomic E-state index is 0.0568. The number of carbonyl (C=O) groups excluding carboxylic acids is 1. The zero-order valence-corrected chi connectivity index (χ0v) is 16.5. The molecule has 0 saturated heterocycles. The van der Waals surface area contributed by atoms with E-state index in [9.17, 15) is 9.00 Å². The van der Waals surface area contributed by atoms with Gasteiger partial charge in [0.05, 0.1) is 0 Å². The van der Waals surface area contributed by atoms with Gasteiger partial charge in [0.15, 0.2) is 5.96 Å². The summed E-state index contributed by atoms with van der Waals surface area (Å²) in [7, 11) is -0.751. The standard InChI is InChI=1S/C19H30N4O2S/c1-3-20-19(21-14-18(24)22-15-9-6-5-7-10-15)23-16-11-8-12-17(13-16)26(25)4-2/h5-7,9-10,16-17H,3-4,8,11-14H2,1-2H3,(H,22,24)(H2,20,21,23). The Morgan fingerprint density at radius 2 is 2.00 bits per heavy atom. The molecule has 1 saturated carbocycles. The number of nitrogens with zero attached hydrogens (tertiary/aromatic N) is 1. The van der Waals surface area contributed by atoms with Crippen molar-refractivity contribution in [2.75, 3.05) is 24.2 Å². The van der Waals surface area contributed by atoms with E-state index in [0.717, 1.165) is 37.9 Å². The van der Waals surface area contributed by atoms with Crippen LogP contribution >= 0.6 is 0 Å². The van der Waals surface area contributed by atoms with Gasteiger partial charge in [0.1, 0.15) is 6.54 Å². The number of guanidine groups is 1. The van der Waals surface area contributed by atoms with Crippen molar-refractivity contribution in [1.29, 1.82) is 0 Å². The number of hydrogen-bond acceptors (Lipinski definition) is 3. The Hall–Kier alpha value is -1.89. The zero-order valence-electron chi connectivity index (χ0n) is 15.7. The van der Waals surface area contributed by atoms with E-state index < -0.39 is 10.8 Å². The lowest BCUT2D eigenvalue weighted by atomic mass is 9.95.